The van der Waals surface area contributed by atoms with Crippen molar-refractivity contribution < 1.29 is 9.52 Å². The Morgan fingerprint density at radius 2 is 1.57 bits per heavy atom. The average Bonchev–Trinajstić information content (AvgIpc) is 3.17. The van der Waals surface area contributed by atoms with Crippen molar-refractivity contribution >= 4 is 10.8 Å². The zero-order valence-corrected chi connectivity index (χ0v) is 16.4. The highest BCUT2D eigenvalue weighted by molar-refractivity contribution is 5.89. The van der Waals surface area contributed by atoms with Crippen LogP contribution >= 0.6 is 0 Å². The van der Waals surface area contributed by atoms with Crippen LogP contribution in [0.15, 0.2) is 65.1 Å². The van der Waals surface area contributed by atoms with E-state index in [4.69, 9.17) is 4.42 Å². The standard InChI is InChI=1S/C24H24N2O2/c1-15(2)12-17-8-10-18(11-9-17)16(3)23-25-26-24(28-23)21-13-19-6-4-5-7-20(19)14-22(21)27/h4-11,13-16,27H,12H2,1-3H3. The second-order valence-electron chi connectivity index (χ2n) is 7.72. The molecule has 0 radical (unpaired) electrons. The summed E-state index contributed by atoms with van der Waals surface area (Å²) in [5, 5.41) is 20.8. The number of benzene rings is 3. The number of hydrogen-bond donors (Lipinski definition) is 1. The molecule has 1 unspecified atom stereocenters. The van der Waals surface area contributed by atoms with Gasteiger partial charge in [-0.1, -0.05) is 62.4 Å². The summed E-state index contributed by atoms with van der Waals surface area (Å²) < 4.78 is 5.93. The van der Waals surface area contributed by atoms with Gasteiger partial charge in [-0.2, -0.15) is 0 Å². The minimum atomic E-state index is -0.0167. The van der Waals surface area contributed by atoms with Gasteiger partial charge in [0, 0.05) is 0 Å². The van der Waals surface area contributed by atoms with E-state index in [2.05, 4.69) is 55.2 Å². The number of hydrogen-bond acceptors (Lipinski definition) is 4. The van der Waals surface area contributed by atoms with E-state index in [1.165, 1.54) is 5.56 Å². The van der Waals surface area contributed by atoms with Crippen molar-refractivity contribution in [2.75, 3.05) is 0 Å². The van der Waals surface area contributed by atoms with Gasteiger partial charge in [-0.25, -0.2) is 0 Å². The van der Waals surface area contributed by atoms with E-state index in [9.17, 15) is 5.11 Å². The zero-order chi connectivity index (χ0) is 19.7. The molecule has 0 saturated carbocycles. The summed E-state index contributed by atoms with van der Waals surface area (Å²) in [6, 6.07) is 20.1. The van der Waals surface area contributed by atoms with Crippen LogP contribution < -0.4 is 0 Å². The van der Waals surface area contributed by atoms with Gasteiger partial charge in [0.25, 0.3) is 5.89 Å². The lowest BCUT2D eigenvalue weighted by molar-refractivity contribution is 0.465. The second-order valence-corrected chi connectivity index (χ2v) is 7.72. The molecule has 1 aromatic heterocycles. The molecular formula is C24H24N2O2. The molecule has 0 spiro atoms. The monoisotopic (exact) mass is 372 g/mol. The van der Waals surface area contributed by atoms with Crippen molar-refractivity contribution in [1.82, 2.24) is 10.2 Å². The van der Waals surface area contributed by atoms with E-state index in [1.54, 1.807) is 6.07 Å². The molecule has 28 heavy (non-hydrogen) atoms. The number of nitrogens with zero attached hydrogens (tertiary/aromatic N) is 2. The molecule has 0 fully saturated rings. The highest BCUT2D eigenvalue weighted by Crippen LogP contribution is 2.34. The van der Waals surface area contributed by atoms with E-state index >= 15 is 0 Å². The van der Waals surface area contributed by atoms with Crippen LogP contribution in [0.25, 0.3) is 22.2 Å². The topological polar surface area (TPSA) is 59.2 Å². The van der Waals surface area contributed by atoms with E-state index in [1.807, 2.05) is 30.3 Å². The Morgan fingerprint density at radius 1 is 0.893 bits per heavy atom. The van der Waals surface area contributed by atoms with E-state index in [0.29, 0.717) is 23.3 Å². The molecule has 1 atom stereocenters. The normalized spacial score (nSPS) is 12.6. The van der Waals surface area contributed by atoms with Gasteiger partial charge in [-0.05, 0) is 53.3 Å². The zero-order valence-electron chi connectivity index (χ0n) is 16.4. The maximum absolute atomic E-state index is 10.4. The largest absolute Gasteiger partial charge is 0.507 e. The van der Waals surface area contributed by atoms with Gasteiger partial charge < -0.3 is 9.52 Å². The molecule has 0 amide bonds. The van der Waals surface area contributed by atoms with Crippen molar-refractivity contribution in [3.05, 3.63) is 77.7 Å². The van der Waals surface area contributed by atoms with Crippen LogP contribution in [0.2, 0.25) is 0 Å². The third kappa shape index (κ3) is 3.63. The molecule has 4 nitrogen and oxygen atoms in total. The average molecular weight is 372 g/mol. The molecule has 4 aromatic rings. The number of fused-ring (bicyclic) bond motifs is 1. The summed E-state index contributed by atoms with van der Waals surface area (Å²) in [5.41, 5.74) is 3.01. The highest BCUT2D eigenvalue weighted by Gasteiger charge is 2.19. The lowest BCUT2D eigenvalue weighted by Gasteiger charge is -2.10. The fourth-order valence-corrected chi connectivity index (χ4v) is 3.47. The van der Waals surface area contributed by atoms with Gasteiger partial charge in [0.2, 0.25) is 5.89 Å². The summed E-state index contributed by atoms with van der Waals surface area (Å²) in [7, 11) is 0. The molecule has 0 saturated heterocycles. The molecular weight excluding hydrogens is 348 g/mol. The summed E-state index contributed by atoms with van der Waals surface area (Å²) >= 11 is 0. The van der Waals surface area contributed by atoms with Crippen molar-refractivity contribution in [2.24, 2.45) is 5.92 Å². The summed E-state index contributed by atoms with van der Waals surface area (Å²) in [5.74, 6) is 1.63. The first-order valence-corrected chi connectivity index (χ1v) is 9.65. The molecule has 1 N–H and O–H groups in total. The summed E-state index contributed by atoms with van der Waals surface area (Å²) in [6.07, 6.45) is 1.07. The fourth-order valence-electron chi connectivity index (χ4n) is 3.47. The molecule has 0 bridgehead atoms. The van der Waals surface area contributed by atoms with Crippen LogP contribution in [0.1, 0.15) is 43.7 Å². The minimum absolute atomic E-state index is 0.0167. The molecule has 0 aliphatic heterocycles. The molecule has 4 heteroatoms. The smallest absolute Gasteiger partial charge is 0.251 e. The van der Waals surface area contributed by atoms with Crippen molar-refractivity contribution in [3.63, 3.8) is 0 Å². The number of phenolic OH excluding ortho intramolecular Hbond substituents is 1. The molecule has 142 valence electrons. The predicted octanol–water partition coefficient (Wildman–Crippen LogP) is 5.95. The maximum Gasteiger partial charge on any atom is 0.251 e. The number of aromatic hydroxyl groups is 1. The SMILES string of the molecule is CC(C)Cc1ccc(C(C)c2nnc(-c3cc4ccccc4cc3O)o2)cc1. The van der Waals surface area contributed by atoms with Crippen molar-refractivity contribution in [2.45, 2.75) is 33.1 Å². The number of aromatic nitrogens is 2. The van der Waals surface area contributed by atoms with E-state index in [0.717, 1.165) is 22.8 Å². The van der Waals surface area contributed by atoms with E-state index < -0.39 is 0 Å². The van der Waals surface area contributed by atoms with Crippen LogP contribution in [0.3, 0.4) is 0 Å². The molecule has 4 rings (SSSR count). The predicted molar refractivity (Wildman–Crippen MR) is 111 cm³/mol. The van der Waals surface area contributed by atoms with Gasteiger partial charge in [0.05, 0.1) is 11.5 Å². The first kappa shape index (κ1) is 18.2. The van der Waals surface area contributed by atoms with E-state index in [-0.39, 0.29) is 11.7 Å². The molecule has 0 aliphatic carbocycles. The van der Waals surface area contributed by atoms with Crippen LogP contribution in [-0.2, 0) is 6.42 Å². The van der Waals surface area contributed by atoms with Crippen LogP contribution in [0, 0.1) is 5.92 Å². The van der Waals surface area contributed by atoms with Gasteiger partial charge >= 0.3 is 0 Å². The number of rotatable bonds is 5. The Kier molecular flexibility index (Phi) is 4.86. The first-order valence-electron chi connectivity index (χ1n) is 9.65. The van der Waals surface area contributed by atoms with Gasteiger partial charge in [0.15, 0.2) is 0 Å². The quantitative estimate of drug-likeness (QED) is 0.470. The summed E-state index contributed by atoms with van der Waals surface area (Å²) in [4.78, 5) is 0. The molecule has 0 aliphatic rings. The van der Waals surface area contributed by atoms with Crippen LogP contribution in [0.4, 0.5) is 0 Å². The van der Waals surface area contributed by atoms with Crippen molar-refractivity contribution in [3.8, 4) is 17.2 Å². The fraction of sp³-hybridized carbons (Fsp3) is 0.250. The van der Waals surface area contributed by atoms with Gasteiger partial charge in [-0.3, -0.25) is 0 Å². The highest BCUT2D eigenvalue weighted by atomic mass is 16.4. The lowest BCUT2D eigenvalue weighted by atomic mass is 9.97. The van der Waals surface area contributed by atoms with Gasteiger partial charge in [-0.15, -0.1) is 10.2 Å². The third-order valence-electron chi connectivity index (χ3n) is 5.03. The van der Waals surface area contributed by atoms with Crippen LogP contribution in [-0.4, -0.2) is 15.3 Å². The third-order valence-corrected chi connectivity index (χ3v) is 5.03. The Hall–Kier alpha value is -3.14. The number of phenols is 1. The minimum Gasteiger partial charge on any atom is -0.507 e. The Bertz CT molecular complexity index is 1100. The lowest BCUT2D eigenvalue weighted by Crippen LogP contribution is -1.98. The van der Waals surface area contributed by atoms with Crippen molar-refractivity contribution in [1.29, 1.82) is 0 Å². The second kappa shape index (κ2) is 7.47. The summed E-state index contributed by atoms with van der Waals surface area (Å²) in [6.45, 7) is 6.49. The maximum atomic E-state index is 10.4. The van der Waals surface area contributed by atoms with Crippen LogP contribution in [0.5, 0.6) is 5.75 Å². The molecule has 1 heterocycles. The molecule has 3 aromatic carbocycles. The Balaban J connectivity index is 1.61. The van der Waals surface area contributed by atoms with Gasteiger partial charge in [0.1, 0.15) is 5.75 Å². The first-order chi connectivity index (χ1) is 13.5. The Labute approximate surface area is 164 Å². The Morgan fingerprint density at radius 3 is 2.25 bits per heavy atom.